The van der Waals surface area contributed by atoms with Crippen LogP contribution in [0, 0.1) is 6.92 Å². The molecule has 0 radical (unpaired) electrons. The zero-order valence-electron chi connectivity index (χ0n) is 12.5. The molecule has 6 heteroatoms. The minimum atomic E-state index is -0.350. The summed E-state index contributed by atoms with van der Waals surface area (Å²) in [5.41, 5.74) is 5.06. The molecule has 114 valence electrons. The van der Waals surface area contributed by atoms with Gasteiger partial charge in [-0.3, -0.25) is 4.79 Å². The fourth-order valence-corrected chi connectivity index (χ4v) is 3.22. The molecule has 1 aromatic heterocycles. The first kappa shape index (κ1) is 14.7. The largest absolute Gasteiger partial charge is 0.456 e. The van der Waals surface area contributed by atoms with E-state index in [1.54, 1.807) is 23.4 Å². The number of thiazole rings is 1. The van der Waals surface area contributed by atoms with Crippen LogP contribution < -0.4 is 4.90 Å². The monoisotopic (exact) mass is 316 g/mol. The Hall–Kier alpha value is -2.21. The second-order valence-corrected chi connectivity index (χ2v) is 6.14. The van der Waals surface area contributed by atoms with E-state index >= 15 is 0 Å². The number of hydrogen-bond acceptors (Lipinski definition) is 5. The van der Waals surface area contributed by atoms with Crippen molar-refractivity contribution in [3.05, 3.63) is 45.4 Å². The highest BCUT2D eigenvalue weighted by molar-refractivity contribution is 7.09. The quantitative estimate of drug-likeness (QED) is 0.817. The lowest BCUT2D eigenvalue weighted by Crippen LogP contribution is -2.25. The highest BCUT2D eigenvalue weighted by atomic mass is 32.1. The number of benzene rings is 1. The van der Waals surface area contributed by atoms with Crippen LogP contribution >= 0.6 is 11.3 Å². The minimum Gasteiger partial charge on any atom is -0.456 e. The third-order valence-corrected chi connectivity index (χ3v) is 4.68. The molecule has 0 saturated carbocycles. The molecule has 0 unspecified atom stereocenters. The molecule has 22 heavy (non-hydrogen) atoms. The first-order chi connectivity index (χ1) is 10.6. The van der Waals surface area contributed by atoms with Crippen molar-refractivity contribution >= 4 is 28.9 Å². The molecule has 0 aliphatic carbocycles. The average Bonchev–Trinajstić information content (AvgIpc) is 3.10. The van der Waals surface area contributed by atoms with E-state index < -0.39 is 0 Å². The summed E-state index contributed by atoms with van der Waals surface area (Å²) in [5, 5.41) is 0. The lowest BCUT2D eigenvalue weighted by molar-refractivity contribution is -0.116. The molecule has 0 bridgehead atoms. The van der Waals surface area contributed by atoms with E-state index in [4.69, 9.17) is 4.74 Å². The Labute approximate surface area is 132 Å². The third kappa shape index (κ3) is 2.74. The van der Waals surface area contributed by atoms with Gasteiger partial charge in [-0.2, -0.15) is 0 Å². The third-order valence-electron chi connectivity index (χ3n) is 3.77. The molecule has 1 amide bonds. The van der Waals surface area contributed by atoms with Gasteiger partial charge in [-0.25, -0.2) is 9.78 Å². The lowest BCUT2D eigenvalue weighted by atomic mass is 10.1. The van der Waals surface area contributed by atoms with Crippen LogP contribution in [0.15, 0.2) is 23.7 Å². The summed E-state index contributed by atoms with van der Waals surface area (Å²) >= 11 is 1.48. The molecule has 0 spiro atoms. The second-order valence-electron chi connectivity index (χ2n) is 5.20. The van der Waals surface area contributed by atoms with Gasteiger partial charge in [-0.05, 0) is 37.1 Å². The molecule has 0 fully saturated rings. The lowest BCUT2D eigenvalue weighted by Gasteiger charge is -2.14. The van der Waals surface area contributed by atoms with Gasteiger partial charge in [0.1, 0.15) is 6.61 Å². The van der Waals surface area contributed by atoms with Crippen LogP contribution in [-0.2, 0) is 22.6 Å². The van der Waals surface area contributed by atoms with E-state index in [2.05, 4.69) is 4.98 Å². The first-order valence-electron chi connectivity index (χ1n) is 7.03. The molecule has 1 aromatic carbocycles. The number of esters is 1. The molecule has 2 heterocycles. The maximum atomic E-state index is 12.1. The smallest absolute Gasteiger partial charge is 0.338 e. The van der Waals surface area contributed by atoms with Crippen LogP contribution in [0.4, 0.5) is 5.69 Å². The number of ether oxygens (including phenoxy) is 1. The van der Waals surface area contributed by atoms with Gasteiger partial charge in [-0.15, -0.1) is 11.3 Å². The van der Waals surface area contributed by atoms with Crippen molar-refractivity contribution in [2.75, 3.05) is 11.4 Å². The van der Waals surface area contributed by atoms with E-state index in [0.29, 0.717) is 12.1 Å². The number of aryl methyl sites for hydroxylation is 1. The van der Waals surface area contributed by atoms with Crippen LogP contribution in [-0.4, -0.2) is 23.4 Å². The van der Waals surface area contributed by atoms with Gasteiger partial charge in [0, 0.05) is 19.2 Å². The Morgan fingerprint density at radius 3 is 2.91 bits per heavy atom. The SMILES string of the molecule is CC(=O)N1CCc2cc(C(=O)OCc3scnc3C)ccc21. The Morgan fingerprint density at radius 2 is 2.23 bits per heavy atom. The van der Waals surface area contributed by atoms with E-state index in [1.165, 1.54) is 11.3 Å². The zero-order valence-corrected chi connectivity index (χ0v) is 13.3. The van der Waals surface area contributed by atoms with E-state index in [1.807, 2.05) is 19.1 Å². The van der Waals surface area contributed by atoms with Gasteiger partial charge in [0.2, 0.25) is 5.91 Å². The summed E-state index contributed by atoms with van der Waals surface area (Å²) in [6, 6.07) is 5.35. The zero-order chi connectivity index (χ0) is 15.7. The number of anilines is 1. The molecule has 2 aromatic rings. The minimum absolute atomic E-state index is 0.0229. The average molecular weight is 316 g/mol. The Balaban J connectivity index is 1.72. The van der Waals surface area contributed by atoms with Crippen molar-refractivity contribution in [2.24, 2.45) is 0 Å². The molecular weight excluding hydrogens is 300 g/mol. The molecular formula is C16H16N2O3S. The van der Waals surface area contributed by atoms with Crippen LogP contribution in [0.2, 0.25) is 0 Å². The van der Waals surface area contributed by atoms with Gasteiger partial charge in [0.15, 0.2) is 0 Å². The van der Waals surface area contributed by atoms with Gasteiger partial charge >= 0.3 is 5.97 Å². The standard InChI is InChI=1S/C16H16N2O3S/c1-10-15(22-9-17-10)8-21-16(20)13-3-4-14-12(7-13)5-6-18(14)11(2)19/h3-4,7,9H,5-6,8H2,1-2H3. The van der Waals surface area contributed by atoms with Crippen LogP contribution in [0.3, 0.4) is 0 Å². The molecule has 0 N–H and O–H groups in total. The number of nitrogens with zero attached hydrogens (tertiary/aromatic N) is 2. The molecule has 1 aliphatic heterocycles. The summed E-state index contributed by atoms with van der Waals surface area (Å²) in [6.07, 6.45) is 0.768. The number of amides is 1. The fourth-order valence-electron chi connectivity index (χ4n) is 2.54. The van der Waals surface area contributed by atoms with E-state index in [9.17, 15) is 9.59 Å². The first-order valence-corrected chi connectivity index (χ1v) is 7.91. The van der Waals surface area contributed by atoms with E-state index in [0.717, 1.165) is 28.2 Å². The topological polar surface area (TPSA) is 59.5 Å². The van der Waals surface area contributed by atoms with E-state index in [-0.39, 0.29) is 18.5 Å². The van der Waals surface area contributed by atoms with Crippen molar-refractivity contribution in [3.8, 4) is 0 Å². The molecule has 3 rings (SSSR count). The van der Waals surface area contributed by atoms with Crippen LogP contribution in [0.5, 0.6) is 0 Å². The summed E-state index contributed by atoms with van der Waals surface area (Å²) < 4.78 is 5.34. The van der Waals surface area contributed by atoms with Crippen molar-refractivity contribution in [2.45, 2.75) is 26.9 Å². The van der Waals surface area contributed by atoms with Crippen molar-refractivity contribution in [3.63, 3.8) is 0 Å². The maximum Gasteiger partial charge on any atom is 0.338 e. The van der Waals surface area contributed by atoms with Gasteiger partial charge < -0.3 is 9.64 Å². The molecule has 0 saturated heterocycles. The molecule has 5 nitrogen and oxygen atoms in total. The Morgan fingerprint density at radius 1 is 1.41 bits per heavy atom. The summed E-state index contributed by atoms with van der Waals surface area (Å²) in [4.78, 5) is 30.5. The predicted molar refractivity (Wildman–Crippen MR) is 84.1 cm³/mol. The van der Waals surface area contributed by atoms with Crippen molar-refractivity contribution in [1.82, 2.24) is 4.98 Å². The number of rotatable bonds is 3. The highest BCUT2D eigenvalue weighted by Crippen LogP contribution is 2.29. The maximum absolute atomic E-state index is 12.1. The predicted octanol–water partition coefficient (Wildman–Crippen LogP) is 2.72. The summed E-state index contributed by atoms with van der Waals surface area (Å²) in [6.45, 7) is 4.36. The fraction of sp³-hybridized carbons (Fsp3) is 0.312. The number of carbonyl (C=O) groups is 2. The summed E-state index contributed by atoms with van der Waals surface area (Å²) in [5.74, 6) is -0.327. The highest BCUT2D eigenvalue weighted by Gasteiger charge is 2.23. The van der Waals surface area contributed by atoms with Gasteiger partial charge in [0.05, 0.1) is 21.6 Å². The second kappa shape index (κ2) is 5.88. The van der Waals surface area contributed by atoms with Crippen molar-refractivity contribution in [1.29, 1.82) is 0 Å². The summed E-state index contributed by atoms with van der Waals surface area (Å²) in [7, 11) is 0. The van der Waals surface area contributed by atoms with Crippen LogP contribution in [0.25, 0.3) is 0 Å². The Bertz CT molecular complexity index is 739. The number of hydrogen-bond donors (Lipinski definition) is 0. The Kier molecular flexibility index (Phi) is 3.94. The number of fused-ring (bicyclic) bond motifs is 1. The van der Waals surface area contributed by atoms with Gasteiger partial charge in [-0.1, -0.05) is 0 Å². The van der Waals surface area contributed by atoms with Crippen molar-refractivity contribution < 1.29 is 14.3 Å². The number of carbonyl (C=O) groups excluding carboxylic acids is 2. The van der Waals surface area contributed by atoms with Gasteiger partial charge in [0.25, 0.3) is 0 Å². The molecule has 0 atom stereocenters. The number of aromatic nitrogens is 1. The molecule has 1 aliphatic rings. The van der Waals surface area contributed by atoms with Crippen LogP contribution in [0.1, 0.15) is 33.4 Å². The normalized spacial score (nSPS) is 13.1.